The van der Waals surface area contributed by atoms with Gasteiger partial charge in [0.05, 0.1) is 11.0 Å². The van der Waals surface area contributed by atoms with Gasteiger partial charge >= 0.3 is 29.6 Å². The first-order valence-electron chi connectivity index (χ1n) is 4.95. The second-order valence-electron chi connectivity index (χ2n) is 3.81. The number of hydrogen-bond donors (Lipinski definition) is 0. The van der Waals surface area contributed by atoms with Gasteiger partial charge in [-0.2, -0.15) is 0 Å². The quantitative estimate of drug-likeness (QED) is 0.541. The summed E-state index contributed by atoms with van der Waals surface area (Å²) in [6.07, 6.45) is 2.06. The molecule has 76 valence electrons. The van der Waals surface area contributed by atoms with Crippen molar-refractivity contribution in [3.8, 4) is 0 Å². The van der Waals surface area contributed by atoms with Crippen LogP contribution in [0.1, 0.15) is 29.5 Å². The van der Waals surface area contributed by atoms with Gasteiger partial charge in [-0.05, 0) is 25.0 Å². The third kappa shape index (κ3) is 1.77. The van der Waals surface area contributed by atoms with Crippen LogP contribution >= 0.6 is 0 Å². The summed E-state index contributed by atoms with van der Waals surface area (Å²) in [5, 5.41) is 10.9. The molecule has 0 spiro atoms. The molecule has 1 aromatic carbocycles. The molecule has 0 saturated heterocycles. The van der Waals surface area contributed by atoms with Crippen LogP contribution in [0.3, 0.4) is 0 Å². The minimum absolute atomic E-state index is 0. The van der Waals surface area contributed by atoms with Crippen LogP contribution in [0.25, 0.3) is 11.0 Å². The molecule has 2 aromatic rings. The van der Waals surface area contributed by atoms with E-state index in [4.69, 9.17) is 0 Å². The summed E-state index contributed by atoms with van der Waals surface area (Å²) in [5.41, 5.74) is 1.61. The summed E-state index contributed by atoms with van der Waals surface area (Å²) in [6.45, 7) is 0. The fourth-order valence-corrected chi connectivity index (χ4v) is 1.89. The number of carboxylic acid groups (broad SMARTS) is 1. The third-order valence-corrected chi connectivity index (χ3v) is 2.69. The maximum atomic E-state index is 10.9. The van der Waals surface area contributed by atoms with Gasteiger partial charge in [0.25, 0.3) is 0 Å². The van der Waals surface area contributed by atoms with Crippen molar-refractivity contribution < 1.29 is 39.5 Å². The van der Waals surface area contributed by atoms with Gasteiger partial charge in [-0.1, -0.05) is 12.1 Å². The van der Waals surface area contributed by atoms with Gasteiger partial charge in [-0.25, -0.2) is 4.98 Å². The number of carbonyl (C=O) groups excluding carboxylic acids is 1. The van der Waals surface area contributed by atoms with Crippen LogP contribution < -0.4 is 34.7 Å². The largest absolute Gasteiger partial charge is 1.00 e. The van der Waals surface area contributed by atoms with Crippen LogP contribution in [0, 0.1) is 0 Å². The molecule has 1 aliphatic rings. The smallest absolute Gasteiger partial charge is 0.542 e. The normalized spacial score (nSPS) is 14.8. The van der Waals surface area contributed by atoms with E-state index in [1.807, 2.05) is 24.3 Å². The van der Waals surface area contributed by atoms with Crippen molar-refractivity contribution in [2.24, 2.45) is 0 Å². The van der Waals surface area contributed by atoms with E-state index in [-0.39, 0.29) is 35.4 Å². The molecular weight excluding hydrogens is 215 g/mol. The Labute approximate surface area is 115 Å². The first-order valence-corrected chi connectivity index (χ1v) is 4.95. The number of carbonyl (C=O) groups is 1. The van der Waals surface area contributed by atoms with Gasteiger partial charge in [0, 0.05) is 6.04 Å². The molecule has 0 amide bonds. The van der Waals surface area contributed by atoms with E-state index in [0.717, 1.165) is 23.9 Å². The minimum atomic E-state index is -1.20. The zero-order valence-electron chi connectivity index (χ0n) is 9.01. The van der Waals surface area contributed by atoms with E-state index < -0.39 is 5.97 Å². The molecule has 0 radical (unpaired) electrons. The molecular formula is C11H9N2NaO2. The number of para-hydroxylation sites is 2. The van der Waals surface area contributed by atoms with Crippen molar-refractivity contribution in [1.29, 1.82) is 0 Å². The first kappa shape index (κ1) is 11.6. The van der Waals surface area contributed by atoms with E-state index in [1.54, 1.807) is 4.57 Å². The standard InChI is InChI=1S/C11H10N2O2.Na/c14-11(15)10-12-8-3-1-2-4-9(8)13(10)7-5-6-7;/h1-4,7H,5-6H2,(H,14,15);/q;+1/p-1. The molecule has 0 atom stereocenters. The van der Waals surface area contributed by atoms with Gasteiger partial charge in [-0.3, -0.25) is 0 Å². The molecule has 1 saturated carbocycles. The van der Waals surface area contributed by atoms with Crippen LogP contribution in [0.5, 0.6) is 0 Å². The second-order valence-corrected chi connectivity index (χ2v) is 3.81. The number of nitrogens with zero attached hydrogens (tertiary/aromatic N) is 2. The van der Waals surface area contributed by atoms with Crippen molar-refractivity contribution in [2.45, 2.75) is 18.9 Å². The van der Waals surface area contributed by atoms with E-state index in [0.29, 0.717) is 6.04 Å². The summed E-state index contributed by atoms with van der Waals surface area (Å²) in [4.78, 5) is 15.0. The molecule has 1 fully saturated rings. The van der Waals surface area contributed by atoms with Crippen LogP contribution in [0.15, 0.2) is 24.3 Å². The van der Waals surface area contributed by atoms with E-state index in [9.17, 15) is 9.90 Å². The predicted molar refractivity (Wildman–Crippen MR) is 52.3 cm³/mol. The van der Waals surface area contributed by atoms with E-state index >= 15 is 0 Å². The SMILES string of the molecule is O=C([O-])c1nc2ccccc2n1C1CC1.[Na+]. The zero-order valence-corrected chi connectivity index (χ0v) is 11.0. The Bertz CT molecular complexity index is 546. The number of benzene rings is 1. The van der Waals surface area contributed by atoms with Gasteiger partial charge in [0.1, 0.15) is 5.97 Å². The van der Waals surface area contributed by atoms with Crippen molar-refractivity contribution in [3.05, 3.63) is 30.1 Å². The topological polar surface area (TPSA) is 57.9 Å². The van der Waals surface area contributed by atoms with Crippen LogP contribution in [-0.2, 0) is 0 Å². The molecule has 0 unspecified atom stereocenters. The van der Waals surface area contributed by atoms with E-state index in [1.165, 1.54) is 0 Å². The van der Waals surface area contributed by atoms with Crippen LogP contribution in [-0.4, -0.2) is 15.5 Å². The molecule has 0 aliphatic heterocycles. The summed E-state index contributed by atoms with van der Waals surface area (Å²) in [5.74, 6) is -1.14. The molecule has 4 nitrogen and oxygen atoms in total. The monoisotopic (exact) mass is 224 g/mol. The summed E-state index contributed by atoms with van der Waals surface area (Å²) < 4.78 is 1.78. The number of aromatic nitrogens is 2. The Morgan fingerprint density at radius 3 is 2.69 bits per heavy atom. The van der Waals surface area contributed by atoms with Gasteiger partial charge in [0.15, 0.2) is 5.82 Å². The Morgan fingerprint density at radius 1 is 1.38 bits per heavy atom. The number of rotatable bonds is 2. The van der Waals surface area contributed by atoms with Crippen molar-refractivity contribution >= 4 is 17.0 Å². The Morgan fingerprint density at radius 2 is 2.06 bits per heavy atom. The maximum Gasteiger partial charge on any atom is 1.00 e. The van der Waals surface area contributed by atoms with Crippen LogP contribution in [0.4, 0.5) is 0 Å². The summed E-state index contributed by atoms with van der Waals surface area (Å²) in [7, 11) is 0. The summed E-state index contributed by atoms with van der Waals surface area (Å²) in [6, 6.07) is 7.76. The maximum absolute atomic E-state index is 10.9. The average Bonchev–Trinajstić information content (AvgIpc) is 2.98. The molecule has 0 bridgehead atoms. The molecule has 1 heterocycles. The van der Waals surface area contributed by atoms with Crippen molar-refractivity contribution in [3.63, 3.8) is 0 Å². The molecule has 5 heteroatoms. The van der Waals surface area contributed by atoms with E-state index in [2.05, 4.69) is 4.98 Å². The minimum Gasteiger partial charge on any atom is -0.542 e. The van der Waals surface area contributed by atoms with Gasteiger partial charge in [-0.15, -0.1) is 0 Å². The fraction of sp³-hybridized carbons (Fsp3) is 0.273. The Hall–Kier alpha value is -0.840. The van der Waals surface area contributed by atoms with Crippen molar-refractivity contribution in [2.75, 3.05) is 0 Å². The number of fused-ring (bicyclic) bond motifs is 1. The zero-order chi connectivity index (χ0) is 10.4. The predicted octanol–water partition coefficient (Wildman–Crippen LogP) is -2.26. The number of carboxylic acids is 1. The van der Waals surface area contributed by atoms with Gasteiger partial charge in [0.2, 0.25) is 0 Å². The third-order valence-electron chi connectivity index (χ3n) is 2.69. The summed E-state index contributed by atoms with van der Waals surface area (Å²) >= 11 is 0. The number of hydrogen-bond acceptors (Lipinski definition) is 3. The molecule has 3 rings (SSSR count). The molecule has 0 N–H and O–H groups in total. The first-order chi connectivity index (χ1) is 7.27. The molecule has 16 heavy (non-hydrogen) atoms. The number of imidazole rings is 1. The van der Waals surface area contributed by atoms with Crippen molar-refractivity contribution in [1.82, 2.24) is 9.55 Å². The van der Waals surface area contributed by atoms with Gasteiger partial charge < -0.3 is 14.5 Å². The average molecular weight is 224 g/mol. The molecule has 1 aliphatic carbocycles. The molecule has 1 aromatic heterocycles. The Balaban J connectivity index is 0.000000963. The Kier molecular flexibility index (Phi) is 3.06. The van der Waals surface area contributed by atoms with Crippen LogP contribution in [0.2, 0.25) is 0 Å². The second kappa shape index (κ2) is 4.20. The number of aromatic carboxylic acids is 1. The fourth-order valence-electron chi connectivity index (χ4n) is 1.89.